The maximum absolute atomic E-state index is 13.7. The number of carbonyl (C=O) groups is 1. The Balaban J connectivity index is 1.54. The maximum Gasteiger partial charge on any atom is 0.302 e. The van der Waals surface area contributed by atoms with Crippen molar-refractivity contribution >= 4 is 16.9 Å². The summed E-state index contributed by atoms with van der Waals surface area (Å²) in [6, 6.07) is 7.65. The third-order valence-corrected chi connectivity index (χ3v) is 7.16. The van der Waals surface area contributed by atoms with Gasteiger partial charge >= 0.3 is 5.97 Å². The van der Waals surface area contributed by atoms with E-state index in [2.05, 4.69) is 0 Å². The van der Waals surface area contributed by atoms with Gasteiger partial charge in [-0.25, -0.2) is 0 Å². The summed E-state index contributed by atoms with van der Waals surface area (Å²) in [5, 5.41) is 72.0. The van der Waals surface area contributed by atoms with E-state index in [1.165, 1.54) is 37.3 Å². The molecule has 2 fully saturated rings. The number of fused-ring (bicyclic) bond motifs is 1. The zero-order chi connectivity index (χ0) is 31.2. The van der Waals surface area contributed by atoms with Crippen LogP contribution in [-0.4, -0.2) is 104 Å². The van der Waals surface area contributed by atoms with Crippen molar-refractivity contribution in [3.63, 3.8) is 0 Å². The van der Waals surface area contributed by atoms with Gasteiger partial charge in [0.25, 0.3) is 0 Å². The molecule has 15 heteroatoms. The molecule has 3 aromatic rings. The highest BCUT2D eigenvalue weighted by atomic mass is 16.7. The second-order valence-corrected chi connectivity index (χ2v) is 10.4. The molecule has 7 N–H and O–H groups in total. The van der Waals surface area contributed by atoms with Crippen molar-refractivity contribution in [2.75, 3.05) is 13.2 Å². The minimum absolute atomic E-state index is 0.0969. The standard InChI is InChI=1S/C28H30O15/c1-11-19(32)21(34)22(35)26(40-11)41-15-7-16(31)18-17(8-15)42-23(13-3-5-14(30)6-4-13)24(20(18)33)43-27-25(36)28(37,10-39-27)9-38-12(2)29/h3-8,11,19,21-22,25-27,30-32,34-37H,9-10H2,1-2H3. The number of rotatable bonds is 7. The first kappa shape index (κ1) is 30.5. The summed E-state index contributed by atoms with van der Waals surface area (Å²) in [7, 11) is 0. The van der Waals surface area contributed by atoms with E-state index in [4.69, 9.17) is 28.1 Å². The van der Waals surface area contributed by atoms with Crippen molar-refractivity contribution in [3.8, 4) is 34.3 Å². The minimum Gasteiger partial charge on any atom is -0.508 e. The molecule has 2 saturated heterocycles. The molecule has 2 aromatic carbocycles. The Morgan fingerprint density at radius 1 is 1.00 bits per heavy atom. The van der Waals surface area contributed by atoms with Crippen molar-refractivity contribution in [2.24, 2.45) is 0 Å². The third kappa shape index (κ3) is 5.83. The lowest BCUT2D eigenvalue weighted by molar-refractivity contribution is -0.268. The normalized spacial score (nSPS) is 30.7. The molecule has 2 aliphatic rings. The van der Waals surface area contributed by atoms with Gasteiger partial charge in [-0.1, -0.05) is 0 Å². The first-order chi connectivity index (χ1) is 20.3. The number of esters is 1. The molecule has 0 aliphatic carbocycles. The highest BCUT2D eigenvalue weighted by Crippen LogP contribution is 2.39. The summed E-state index contributed by atoms with van der Waals surface area (Å²) >= 11 is 0. The van der Waals surface area contributed by atoms with E-state index in [0.717, 1.165) is 13.0 Å². The van der Waals surface area contributed by atoms with Crippen LogP contribution in [0.15, 0.2) is 45.6 Å². The Hall–Kier alpha value is -3.96. The monoisotopic (exact) mass is 606 g/mol. The largest absolute Gasteiger partial charge is 0.508 e. The van der Waals surface area contributed by atoms with Crippen LogP contribution in [0.25, 0.3) is 22.3 Å². The summed E-state index contributed by atoms with van der Waals surface area (Å²) in [6.07, 6.45) is -10.4. The van der Waals surface area contributed by atoms with E-state index >= 15 is 0 Å². The van der Waals surface area contributed by atoms with Gasteiger partial charge in [-0.05, 0) is 31.2 Å². The molecule has 8 unspecified atom stereocenters. The smallest absolute Gasteiger partial charge is 0.302 e. The average Bonchev–Trinajstić information content (AvgIpc) is 3.24. The number of benzene rings is 2. The molecule has 3 heterocycles. The number of phenolic OH excluding ortho intramolecular Hbond substituents is 2. The number of aromatic hydroxyl groups is 2. The Morgan fingerprint density at radius 3 is 2.37 bits per heavy atom. The highest BCUT2D eigenvalue weighted by molar-refractivity contribution is 5.88. The van der Waals surface area contributed by atoms with Crippen LogP contribution >= 0.6 is 0 Å². The van der Waals surface area contributed by atoms with E-state index in [1.54, 1.807) is 0 Å². The van der Waals surface area contributed by atoms with Crippen LogP contribution < -0.4 is 14.9 Å². The lowest BCUT2D eigenvalue weighted by atomic mass is 10.00. The molecule has 0 saturated carbocycles. The van der Waals surface area contributed by atoms with Crippen molar-refractivity contribution in [3.05, 3.63) is 46.6 Å². The van der Waals surface area contributed by atoms with Gasteiger partial charge in [0.2, 0.25) is 23.8 Å². The molecule has 8 atom stereocenters. The van der Waals surface area contributed by atoms with Gasteiger partial charge < -0.3 is 63.8 Å². The third-order valence-electron chi connectivity index (χ3n) is 7.16. The zero-order valence-corrected chi connectivity index (χ0v) is 22.8. The summed E-state index contributed by atoms with van der Waals surface area (Å²) in [5.74, 6) is -2.33. The fourth-order valence-electron chi connectivity index (χ4n) is 4.71. The topological polar surface area (TPSA) is 235 Å². The van der Waals surface area contributed by atoms with Crippen LogP contribution in [0.5, 0.6) is 23.0 Å². The number of ether oxygens (including phenoxy) is 5. The molecule has 0 bridgehead atoms. The Kier molecular flexibility index (Phi) is 8.24. The number of hydrogen-bond donors (Lipinski definition) is 7. The molecule has 0 radical (unpaired) electrons. The van der Waals surface area contributed by atoms with Crippen LogP contribution in [0.3, 0.4) is 0 Å². The number of phenols is 2. The van der Waals surface area contributed by atoms with E-state index < -0.39 is 84.8 Å². The van der Waals surface area contributed by atoms with Gasteiger partial charge in [0, 0.05) is 24.6 Å². The fraction of sp³-hybridized carbons (Fsp3) is 0.429. The van der Waals surface area contributed by atoms with Crippen LogP contribution in [0.4, 0.5) is 0 Å². The Morgan fingerprint density at radius 2 is 1.70 bits per heavy atom. The van der Waals surface area contributed by atoms with E-state index in [9.17, 15) is 45.3 Å². The van der Waals surface area contributed by atoms with Gasteiger partial charge in [0.05, 0.1) is 12.7 Å². The number of aliphatic hydroxyl groups excluding tert-OH is 4. The van der Waals surface area contributed by atoms with Crippen molar-refractivity contribution in [1.29, 1.82) is 0 Å². The van der Waals surface area contributed by atoms with Crippen molar-refractivity contribution in [1.82, 2.24) is 0 Å². The average molecular weight is 607 g/mol. The van der Waals surface area contributed by atoms with Gasteiger partial charge in [0.1, 0.15) is 53.1 Å². The molecule has 1 aromatic heterocycles. The molecule has 2 aliphatic heterocycles. The first-order valence-electron chi connectivity index (χ1n) is 13.1. The molecule has 232 valence electrons. The molecule has 15 nitrogen and oxygen atoms in total. The summed E-state index contributed by atoms with van der Waals surface area (Å²) < 4.78 is 32.9. The van der Waals surface area contributed by atoms with E-state index in [0.29, 0.717) is 0 Å². The lowest BCUT2D eigenvalue weighted by Gasteiger charge is -2.38. The molecule has 0 spiro atoms. The van der Waals surface area contributed by atoms with E-state index in [1.807, 2.05) is 0 Å². The lowest BCUT2D eigenvalue weighted by Crippen LogP contribution is -2.58. The van der Waals surface area contributed by atoms with E-state index in [-0.39, 0.29) is 33.8 Å². The first-order valence-corrected chi connectivity index (χ1v) is 13.1. The molecular formula is C28H30O15. The van der Waals surface area contributed by atoms with Crippen molar-refractivity contribution < 1.29 is 68.6 Å². The van der Waals surface area contributed by atoms with Gasteiger partial charge in [0.15, 0.2) is 17.5 Å². The van der Waals surface area contributed by atoms with Gasteiger partial charge in [-0.3, -0.25) is 9.59 Å². The molecule has 5 rings (SSSR count). The SMILES string of the molecule is CC(=O)OCC1(O)COC(Oc2c(-c3ccc(O)cc3)oc3cc(OC4OC(C)C(O)C(O)C4O)cc(O)c3c2=O)C1O. The van der Waals surface area contributed by atoms with Gasteiger partial charge in [-0.2, -0.15) is 0 Å². The highest BCUT2D eigenvalue weighted by Gasteiger charge is 2.51. The predicted molar refractivity (Wildman–Crippen MR) is 142 cm³/mol. The second-order valence-electron chi connectivity index (χ2n) is 10.4. The maximum atomic E-state index is 13.7. The summed E-state index contributed by atoms with van der Waals surface area (Å²) in [6.45, 7) is 1.45. The Bertz CT molecular complexity index is 1550. The minimum atomic E-state index is -2.05. The molecule has 0 amide bonds. The van der Waals surface area contributed by atoms with Crippen LogP contribution in [0, 0.1) is 0 Å². The van der Waals surface area contributed by atoms with Crippen LogP contribution in [-0.2, 0) is 19.0 Å². The number of carbonyl (C=O) groups excluding carboxylic acids is 1. The van der Waals surface area contributed by atoms with Gasteiger partial charge in [-0.15, -0.1) is 0 Å². The predicted octanol–water partition coefficient (Wildman–Crippen LogP) is -0.532. The van der Waals surface area contributed by atoms with Crippen LogP contribution in [0.2, 0.25) is 0 Å². The zero-order valence-electron chi connectivity index (χ0n) is 22.8. The van der Waals surface area contributed by atoms with Crippen molar-refractivity contribution in [2.45, 2.75) is 62.5 Å². The summed E-state index contributed by atoms with van der Waals surface area (Å²) in [4.78, 5) is 24.9. The summed E-state index contributed by atoms with van der Waals surface area (Å²) in [5.41, 5.74) is -2.96. The molecular weight excluding hydrogens is 576 g/mol. The van der Waals surface area contributed by atoms with Crippen LogP contribution in [0.1, 0.15) is 13.8 Å². The molecule has 43 heavy (non-hydrogen) atoms. The quantitative estimate of drug-likeness (QED) is 0.167. The Labute approximate surface area is 242 Å². The second kappa shape index (κ2) is 11.6. The number of hydrogen-bond acceptors (Lipinski definition) is 15. The number of aliphatic hydroxyl groups is 5. The fourth-order valence-corrected chi connectivity index (χ4v) is 4.71.